The zero-order valence-corrected chi connectivity index (χ0v) is 13.9. The third-order valence-corrected chi connectivity index (χ3v) is 3.99. The fourth-order valence-corrected chi connectivity index (χ4v) is 2.49. The summed E-state index contributed by atoms with van der Waals surface area (Å²) >= 11 is 1.03. The number of aromatic nitrogens is 2. The Morgan fingerprint density at radius 3 is 2.46 bits per heavy atom. The van der Waals surface area contributed by atoms with Crippen molar-refractivity contribution in [3.8, 4) is 0 Å². The van der Waals surface area contributed by atoms with Gasteiger partial charge < -0.3 is 15.7 Å². The van der Waals surface area contributed by atoms with Crippen molar-refractivity contribution in [1.82, 2.24) is 14.9 Å². The van der Waals surface area contributed by atoms with Gasteiger partial charge in [-0.3, -0.25) is 14.4 Å². The van der Waals surface area contributed by atoms with Gasteiger partial charge >= 0.3 is 5.97 Å². The Balaban J connectivity index is 2.03. The third kappa shape index (κ3) is 4.13. The van der Waals surface area contributed by atoms with Gasteiger partial charge in [0.05, 0.1) is 5.69 Å². The number of nitrogens with zero attached hydrogens (tertiary/aromatic N) is 2. The second-order valence-corrected chi connectivity index (χ2v) is 5.72. The molecule has 3 N–H and O–H groups in total. The summed E-state index contributed by atoms with van der Waals surface area (Å²) in [6.07, 6.45) is 0.611. The van der Waals surface area contributed by atoms with Gasteiger partial charge in [0.15, 0.2) is 0 Å². The molecule has 9 heteroatoms. The molecule has 0 fully saturated rings. The van der Waals surface area contributed by atoms with Crippen LogP contribution in [-0.2, 0) is 11.2 Å². The van der Waals surface area contributed by atoms with Crippen molar-refractivity contribution in [3.05, 3.63) is 40.4 Å². The lowest BCUT2D eigenvalue weighted by atomic mass is 10.1. The number of anilines is 1. The molecule has 2 aromatic rings. The van der Waals surface area contributed by atoms with Crippen LogP contribution < -0.4 is 10.6 Å². The monoisotopic (exact) mass is 348 g/mol. The molecule has 126 valence electrons. The summed E-state index contributed by atoms with van der Waals surface area (Å²) in [6.45, 7) is 3.27. The van der Waals surface area contributed by atoms with Crippen molar-refractivity contribution in [2.75, 3.05) is 5.32 Å². The molecule has 0 saturated heterocycles. The molecule has 2 amide bonds. The van der Waals surface area contributed by atoms with E-state index in [1.54, 1.807) is 12.1 Å². The number of hydrogen-bond acceptors (Lipinski definition) is 6. The van der Waals surface area contributed by atoms with Crippen LogP contribution in [0.3, 0.4) is 0 Å². The number of rotatable bonds is 6. The Bertz CT molecular complexity index is 757. The van der Waals surface area contributed by atoms with Gasteiger partial charge in [0.1, 0.15) is 10.9 Å². The number of carboxylic acids is 1. The molecule has 0 aliphatic rings. The second-order valence-electron chi connectivity index (χ2n) is 4.97. The Labute approximate surface area is 142 Å². The van der Waals surface area contributed by atoms with E-state index in [2.05, 4.69) is 20.2 Å². The molecule has 1 aromatic carbocycles. The van der Waals surface area contributed by atoms with Gasteiger partial charge in [-0.2, -0.15) is 0 Å². The maximum Gasteiger partial charge on any atom is 0.325 e. The van der Waals surface area contributed by atoms with Crippen LogP contribution in [0.25, 0.3) is 0 Å². The number of carboxylic acid groups (broad SMARTS) is 1. The van der Waals surface area contributed by atoms with Crippen molar-refractivity contribution in [2.24, 2.45) is 0 Å². The lowest BCUT2D eigenvalue weighted by molar-refractivity contribution is -0.138. The van der Waals surface area contributed by atoms with Crippen LogP contribution in [0.15, 0.2) is 24.3 Å². The van der Waals surface area contributed by atoms with Gasteiger partial charge in [0.2, 0.25) is 0 Å². The number of carbonyl (C=O) groups excluding carboxylic acids is 2. The second kappa shape index (κ2) is 7.64. The van der Waals surface area contributed by atoms with Gasteiger partial charge in [-0.25, -0.2) is 0 Å². The molecule has 1 unspecified atom stereocenters. The maximum atomic E-state index is 12.2. The average Bonchev–Trinajstić information content (AvgIpc) is 3.04. The first kappa shape index (κ1) is 17.5. The first-order chi connectivity index (χ1) is 11.4. The lowest BCUT2D eigenvalue weighted by Crippen LogP contribution is -2.38. The summed E-state index contributed by atoms with van der Waals surface area (Å²) < 4.78 is 3.76. The van der Waals surface area contributed by atoms with E-state index in [-0.39, 0.29) is 5.91 Å². The highest BCUT2D eigenvalue weighted by Crippen LogP contribution is 2.15. The number of carbonyl (C=O) groups is 3. The maximum absolute atomic E-state index is 12.2. The van der Waals surface area contributed by atoms with Crippen LogP contribution in [0.2, 0.25) is 0 Å². The number of hydrogen-bond donors (Lipinski definition) is 3. The van der Waals surface area contributed by atoms with Crippen molar-refractivity contribution >= 4 is 35.0 Å². The minimum atomic E-state index is -1.11. The van der Waals surface area contributed by atoms with Gasteiger partial charge in [-0.05, 0) is 49.1 Å². The Morgan fingerprint density at radius 2 is 1.88 bits per heavy atom. The minimum Gasteiger partial charge on any atom is -0.480 e. The van der Waals surface area contributed by atoms with E-state index in [0.29, 0.717) is 28.2 Å². The molecule has 0 aliphatic heterocycles. The Hall–Kier alpha value is -2.81. The third-order valence-electron chi connectivity index (χ3n) is 3.22. The van der Waals surface area contributed by atoms with E-state index in [0.717, 1.165) is 11.5 Å². The smallest absolute Gasteiger partial charge is 0.325 e. The Morgan fingerprint density at radius 1 is 1.21 bits per heavy atom. The van der Waals surface area contributed by atoms with Crippen LogP contribution in [-0.4, -0.2) is 38.5 Å². The van der Waals surface area contributed by atoms with Crippen LogP contribution in [0.1, 0.15) is 39.6 Å². The molecular formula is C15H16N4O4S. The van der Waals surface area contributed by atoms with Crippen molar-refractivity contribution in [1.29, 1.82) is 0 Å². The summed E-state index contributed by atoms with van der Waals surface area (Å²) in [6, 6.07) is 5.16. The van der Waals surface area contributed by atoms with Gasteiger partial charge in [-0.15, -0.1) is 5.10 Å². The van der Waals surface area contributed by atoms with Crippen LogP contribution >= 0.6 is 11.5 Å². The molecular weight excluding hydrogens is 332 g/mol. The molecule has 1 atom stereocenters. The minimum absolute atomic E-state index is 0.301. The molecule has 1 aromatic heterocycles. The number of nitrogens with one attached hydrogen (secondary N) is 2. The van der Waals surface area contributed by atoms with Crippen LogP contribution in [0.4, 0.5) is 5.69 Å². The average molecular weight is 348 g/mol. The van der Waals surface area contributed by atoms with Gasteiger partial charge in [0, 0.05) is 11.3 Å². The number of amides is 2. The van der Waals surface area contributed by atoms with Gasteiger partial charge in [0.25, 0.3) is 11.8 Å². The highest BCUT2D eigenvalue weighted by molar-refractivity contribution is 7.08. The van der Waals surface area contributed by atoms with E-state index >= 15 is 0 Å². The number of benzene rings is 1. The molecule has 0 saturated carbocycles. The van der Waals surface area contributed by atoms with E-state index < -0.39 is 17.9 Å². The predicted octanol–water partition coefficient (Wildman–Crippen LogP) is 1.56. The largest absolute Gasteiger partial charge is 0.480 e. The number of aliphatic carboxylic acids is 1. The molecule has 1 heterocycles. The molecule has 24 heavy (non-hydrogen) atoms. The van der Waals surface area contributed by atoms with Crippen molar-refractivity contribution in [3.63, 3.8) is 0 Å². The zero-order valence-electron chi connectivity index (χ0n) is 13.1. The standard InChI is InChI=1S/C15H16N4O4S/c1-3-11-12(24-19-18-11)14(21)17-10-6-4-9(5-7-10)13(20)16-8(2)15(22)23/h4-8H,3H2,1-2H3,(H,16,20)(H,17,21)(H,22,23). The SMILES string of the molecule is CCc1nnsc1C(=O)Nc1ccc(C(=O)NC(C)C(=O)O)cc1. The fourth-order valence-electron chi connectivity index (χ4n) is 1.85. The molecule has 2 rings (SSSR count). The summed E-state index contributed by atoms with van der Waals surface area (Å²) in [5.74, 6) is -1.92. The fraction of sp³-hybridized carbons (Fsp3) is 0.267. The summed E-state index contributed by atoms with van der Waals surface area (Å²) in [4.78, 5) is 35.2. The van der Waals surface area contributed by atoms with Gasteiger partial charge in [-0.1, -0.05) is 11.4 Å². The highest BCUT2D eigenvalue weighted by atomic mass is 32.1. The topological polar surface area (TPSA) is 121 Å². The molecule has 0 radical (unpaired) electrons. The van der Waals surface area contributed by atoms with E-state index in [9.17, 15) is 14.4 Å². The van der Waals surface area contributed by atoms with Crippen LogP contribution in [0, 0.1) is 0 Å². The molecule has 0 aliphatic carbocycles. The molecule has 0 bridgehead atoms. The highest BCUT2D eigenvalue weighted by Gasteiger charge is 2.17. The first-order valence-corrected chi connectivity index (χ1v) is 7.96. The summed E-state index contributed by atoms with van der Waals surface area (Å²) in [5, 5.41) is 17.7. The van der Waals surface area contributed by atoms with E-state index in [1.807, 2.05) is 6.92 Å². The summed E-state index contributed by atoms with van der Waals surface area (Å²) in [7, 11) is 0. The van der Waals surface area contributed by atoms with E-state index in [1.165, 1.54) is 19.1 Å². The summed E-state index contributed by atoms with van der Waals surface area (Å²) in [5.41, 5.74) is 1.45. The normalized spacial score (nSPS) is 11.6. The lowest BCUT2D eigenvalue weighted by Gasteiger charge is -2.10. The quantitative estimate of drug-likeness (QED) is 0.728. The van der Waals surface area contributed by atoms with Crippen molar-refractivity contribution < 1.29 is 19.5 Å². The number of aryl methyl sites for hydroxylation is 1. The molecule has 8 nitrogen and oxygen atoms in total. The predicted molar refractivity (Wildman–Crippen MR) is 88.2 cm³/mol. The first-order valence-electron chi connectivity index (χ1n) is 7.18. The molecule has 0 spiro atoms. The van der Waals surface area contributed by atoms with Crippen LogP contribution in [0.5, 0.6) is 0 Å². The van der Waals surface area contributed by atoms with Crippen molar-refractivity contribution in [2.45, 2.75) is 26.3 Å². The van der Waals surface area contributed by atoms with E-state index in [4.69, 9.17) is 5.11 Å². The Kier molecular flexibility index (Phi) is 5.59. The zero-order chi connectivity index (χ0) is 17.7.